The number of carbonyl (C=O) groups is 1. The minimum atomic E-state index is -1.14. The van der Waals surface area contributed by atoms with Crippen LogP contribution in [0, 0.1) is 11.8 Å². The lowest BCUT2D eigenvalue weighted by molar-refractivity contribution is -0.152. The Morgan fingerprint density at radius 3 is 1.73 bits per heavy atom. The van der Waals surface area contributed by atoms with E-state index in [1.165, 1.54) is 13.8 Å². The minimum absolute atomic E-state index is 0.0486. The van der Waals surface area contributed by atoms with E-state index >= 15 is 0 Å². The van der Waals surface area contributed by atoms with Crippen molar-refractivity contribution in [3.05, 3.63) is 0 Å². The average molecular weight is 160 g/mol. The summed E-state index contributed by atoms with van der Waals surface area (Å²) in [5.74, 6) is -1.68. The van der Waals surface area contributed by atoms with E-state index in [0.29, 0.717) is 0 Å². The van der Waals surface area contributed by atoms with Crippen LogP contribution in [0.3, 0.4) is 0 Å². The summed E-state index contributed by atoms with van der Waals surface area (Å²) in [5.41, 5.74) is -1.14. The van der Waals surface area contributed by atoms with Gasteiger partial charge in [0.1, 0.15) is 0 Å². The molecule has 0 radical (unpaired) electrons. The van der Waals surface area contributed by atoms with Crippen LogP contribution in [0.25, 0.3) is 0 Å². The molecule has 1 atom stereocenters. The predicted octanol–water partition coefficient (Wildman–Crippen LogP) is 1.11. The Labute approximate surface area is 67.0 Å². The maximum atomic E-state index is 10.6. The Hall–Kier alpha value is -0.570. The molecular formula is C8H16O3. The molecule has 0 aromatic carbocycles. The number of aliphatic carboxylic acids is 1. The van der Waals surface area contributed by atoms with E-state index in [2.05, 4.69) is 0 Å². The molecule has 0 aromatic heterocycles. The van der Waals surface area contributed by atoms with Gasteiger partial charge in [-0.05, 0) is 19.8 Å². The van der Waals surface area contributed by atoms with E-state index in [0.717, 1.165) is 0 Å². The maximum Gasteiger partial charge on any atom is 0.309 e. The third-order valence-corrected chi connectivity index (χ3v) is 1.69. The van der Waals surface area contributed by atoms with Crippen LogP contribution in [0.4, 0.5) is 0 Å². The number of carboxylic acid groups (broad SMARTS) is 1. The van der Waals surface area contributed by atoms with Gasteiger partial charge in [-0.2, -0.15) is 0 Å². The fourth-order valence-corrected chi connectivity index (χ4v) is 1.40. The Balaban J connectivity index is 4.49. The van der Waals surface area contributed by atoms with Gasteiger partial charge in [0.25, 0.3) is 0 Å². The standard InChI is InChI=1S/C8H16O3/c1-5(2)6(7(9)10)8(3,4)11/h5-6,11H,1-4H3,(H,9,10)/t6-/m1/s1. The maximum absolute atomic E-state index is 10.6. The third-order valence-electron chi connectivity index (χ3n) is 1.69. The quantitative estimate of drug-likeness (QED) is 0.650. The molecule has 0 heterocycles. The molecule has 2 N–H and O–H groups in total. The number of rotatable bonds is 3. The lowest BCUT2D eigenvalue weighted by Crippen LogP contribution is -2.40. The van der Waals surface area contributed by atoms with Crippen LogP contribution in [0.15, 0.2) is 0 Å². The van der Waals surface area contributed by atoms with Crippen LogP contribution in [0.2, 0.25) is 0 Å². The largest absolute Gasteiger partial charge is 0.481 e. The first-order valence-electron chi connectivity index (χ1n) is 3.72. The highest BCUT2D eigenvalue weighted by molar-refractivity contribution is 5.71. The second-order valence-electron chi connectivity index (χ2n) is 3.71. The van der Waals surface area contributed by atoms with Crippen molar-refractivity contribution in [1.29, 1.82) is 0 Å². The van der Waals surface area contributed by atoms with Crippen molar-refractivity contribution in [2.75, 3.05) is 0 Å². The van der Waals surface area contributed by atoms with Gasteiger partial charge < -0.3 is 10.2 Å². The molecule has 0 amide bonds. The number of hydrogen-bond donors (Lipinski definition) is 2. The van der Waals surface area contributed by atoms with Gasteiger partial charge in [-0.1, -0.05) is 13.8 Å². The van der Waals surface area contributed by atoms with Crippen LogP contribution >= 0.6 is 0 Å². The molecule has 66 valence electrons. The van der Waals surface area contributed by atoms with Crippen LogP contribution < -0.4 is 0 Å². The molecule has 0 aliphatic heterocycles. The molecule has 0 rings (SSSR count). The molecule has 3 heteroatoms. The fraction of sp³-hybridized carbons (Fsp3) is 0.875. The van der Waals surface area contributed by atoms with E-state index in [4.69, 9.17) is 5.11 Å². The predicted molar refractivity (Wildman–Crippen MR) is 42.3 cm³/mol. The second kappa shape index (κ2) is 3.22. The van der Waals surface area contributed by atoms with E-state index in [1.807, 2.05) is 0 Å². The molecule has 0 fully saturated rings. The topological polar surface area (TPSA) is 57.5 Å². The van der Waals surface area contributed by atoms with Gasteiger partial charge in [0.2, 0.25) is 0 Å². The van der Waals surface area contributed by atoms with Crippen molar-refractivity contribution in [2.24, 2.45) is 11.8 Å². The average Bonchev–Trinajstić information content (AvgIpc) is 1.54. The molecule has 0 aromatic rings. The lowest BCUT2D eigenvalue weighted by Gasteiger charge is -2.28. The highest BCUT2D eigenvalue weighted by atomic mass is 16.4. The molecule has 3 nitrogen and oxygen atoms in total. The molecule has 0 aliphatic carbocycles. The Morgan fingerprint density at radius 2 is 1.73 bits per heavy atom. The van der Waals surface area contributed by atoms with Crippen molar-refractivity contribution in [2.45, 2.75) is 33.3 Å². The second-order valence-corrected chi connectivity index (χ2v) is 3.71. The first kappa shape index (κ1) is 10.4. The molecule has 11 heavy (non-hydrogen) atoms. The summed E-state index contributed by atoms with van der Waals surface area (Å²) in [6, 6.07) is 0. The van der Waals surface area contributed by atoms with Crippen molar-refractivity contribution in [3.8, 4) is 0 Å². The molecular weight excluding hydrogens is 144 g/mol. The highest BCUT2D eigenvalue weighted by Gasteiger charge is 2.35. The Kier molecular flexibility index (Phi) is 3.05. The molecule has 0 unspecified atom stereocenters. The zero-order valence-corrected chi connectivity index (χ0v) is 7.46. The summed E-state index contributed by atoms with van der Waals surface area (Å²) >= 11 is 0. The first-order valence-corrected chi connectivity index (χ1v) is 3.72. The van der Waals surface area contributed by atoms with Crippen molar-refractivity contribution in [1.82, 2.24) is 0 Å². The van der Waals surface area contributed by atoms with Gasteiger partial charge in [-0.3, -0.25) is 4.79 Å². The van der Waals surface area contributed by atoms with E-state index in [-0.39, 0.29) is 5.92 Å². The van der Waals surface area contributed by atoms with Gasteiger partial charge in [0.05, 0.1) is 11.5 Å². The van der Waals surface area contributed by atoms with E-state index < -0.39 is 17.5 Å². The summed E-state index contributed by atoms with van der Waals surface area (Å²) < 4.78 is 0. The van der Waals surface area contributed by atoms with Crippen LogP contribution in [0.5, 0.6) is 0 Å². The number of aliphatic hydroxyl groups is 1. The van der Waals surface area contributed by atoms with Gasteiger partial charge >= 0.3 is 5.97 Å². The zero-order valence-electron chi connectivity index (χ0n) is 7.46. The summed E-state index contributed by atoms with van der Waals surface area (Å²) in [6.45, 7) is 6.62. The van der Waals surface area contributed by atoms with Crippen LogP contribution in [-0.2, 0) is 4.79 Å². The van der Waals surface area contributed by atoms with Crippen LogP contribution in [0.1, 0.15) is 27.7 Å². The Morgan fingerprint density at radius 1 is 1.36 bits per heavy atom. The zero-order chi connectivity index (χ0) is 9.23. The normalized spacial score (nSPS) is 15.1. The van der Waals surface area contributed by atoms with Gasteiger partial charge in [0.15, 0.2) is 0 Å². The molecule has 0 aliphatic rings. The van der Waals surface area contributed by atoms with Crippen molar-refractivity contribution >= 4 is 5.97 Å². The van der Waals surface area contributed by atoms with Gasteiger partial charge in [-0.25, -0.2) is 0 Å². The third kappa shape index (κ3) is 2.89. The molecule has 0 saturated heterocycles. The fourth-order valence-electron chi connectivity index (χ4n) is 1.40. The number of hydrogen-bond acceptors (Lipinski definition) is 2. The Bertz CT molecular complexity index is 144. The van der Waals surface area contributed by atoms with Crippen molar-refractivity contribution in [3.63, 3.8) is 0 Å². The van der Waals surface area contributed by atoms with E-state index in [9.17, 15) is 9.90 Å². The summed E-state index contributed by atoms with van der Waals surface area (Å²) in [6.07, 6.45) is 0. The summed E-state index contributed by atoms with van der Waals surface area (Å²) in [7, 11) is 0. The van der Waals surface area contributed by atoms with E-state index in [1.54, 1.807) is 13.8 Å². The first-order chi connectivity index (χ1) is 4.76. The molecule has 0 saturated carbocycles. The molecule has 0 spiro atoms. The van der Waals surface area contributed by atoms with Crippen LogP contribution in [-0.4, -0.2) is 21.8 Å². The number of carboxylic acids is 1. The highest BCUT2D eigenvalue weighted by Crippen LogP contribution is 2.24. The summed E-state index contributed by atoms with van der Waals surface area (Å²) in [5, 5.41) is 18.2. The van der Waals surface area contributed by atoms with Gasteiger partial charge in [0, 0.05) is 0 Å². The lowest BCUT2D eigenvalue weighted by atomic mass is 9.82. The smallest absolute Gasteiger partial charge is 0.309 e. The molecule has 0 bridgehead atoms. The van der Waals surface area contributed by atoms with Crippen molar-refractivity contribution < 1.29 is 15.0 Å². The minimum Gasteiger partial charge on any atom is -0.481 e. The summed E-state index contributed by atoms with van der Waals surface area (Å²) in [4.78, 5) is 10.6. The monoisotopic (exact) mass is 160 g/mol. The van der Waals surface area contributed by atoms with Gasteiger partial charge in [-0.15, -0.1) is 0 Å². The SMILES string of the molecule is CC(C)[C@H](C(=O)O)C(C)(C)O.